The quantitative estimate of drug-likeness (QED) is 0.444. The van der Waals surface area contributed by atoms with E-state index in [9.17, 15) is 15.0 Å². The van der Waals surface area contributed by atoms with Gasteiger partial charge >= 0.3 is 0 Å². The van der Waals surface area contributed by atoms with E-state index >= 15 is 0 Å². The van der Waals surface area contributed by atoms with Crippen molar-refractivity contribution in [2.24, 2.45) is 10.7 Å². The Bertz CT molecular complexity index is 539. The number of hydrogen-bond donors (Lipinski definition) is 4. The minimum absolute atomic E-state index is 0.000803. The normalized spacial score (nSPS) is 29.3. The number of aliphatic imine (C=N–C) groups is 1. The lowest BCUT2D eigenvalue weighted by Crippen LogP contribution is -2.49. The summed E-state index contributed by atoms with van der Waals surface area (Å²) in [6, 6.07) is 8.49. The number of amidine groups is 1. The molecule has 22 heavy (non-hydrogen) atoms. The second kappa shape index (κ2) is 7.70. The number of ether oxygens (including phenoxy) is 1. The Hall–Kier alpha value is -1.45. The molecule has 1 fully saturated rings. The maximum absolute atomic E-state index is 11.9. The van der Waals surface area contributed by atoms with Crippen LogP contribution in [-0.2, 0) is 4.74 Å². The lowest BCUT2D eigenvalue weighted by molar-refractivity contribution is -0.156. The van der Waals surface area contributed by atoms with Crippen molar-refractivity contribution in [3.8, 4) is 0 Å². The monoisotopic (exact) mass is 326 g/mol. The van der Waals surface area contributed by atoms with E-state index in [-0.39, 0.29) is 11.6 Å². The van der Waals surface area contributed by atoms with Crippen LogP contribution in [0.25, 0.3) is 0 Å². The molecular weight excluding hydrogens is 308 g/mol. The van der Waals surface area contributed by atoms with Crippen molar-refractivity contribution in [3.63, 3.8) is 0 Å². The molecule has 120 valence electrons. The van der Waals surface area contributed by atoms with Gasteiger partial charge in [-0.2, -0.15) is 4.99 Å². The molecule has 1 aliphatic rings. The van der Waals surface area contributed by atoms with E-state index in [0.717, 1.165) is 11.8 Å². The number of rotatable bonds is 3. The fourth-order valence-electron chi connectivity index (χ4n) is 2.05. The second-order valence-corrected chi connectivity index (χ2v) is 6.00. The third-order valence-electron chi connectivity index (χ3n) is 3.20. The maximum Gasteiger partial charge on any atom is 0.279 e. The highest BCUT2D eigenvalue weighted by molar-refractivity contribution is 8.14. The molecule has 1 saturated heterocycles. The largest absolute Gasteiger partial charge is 0.394 e. The Morgan fingerprint density at radius 2 is 2.05 bits per heavy atom. The van der Waals surface area contributed by atoms with Gasteiger partial charge in [0.2, 0.25) is 0 Å². The Labute approximate surface area is 131 Å². The van der Waals surface area contributed by atoms with Crippen LogP contribution in [0.4, 0.5) is 0 Å². The average Bonchev–Trinajstić information content (AvgIpc) is 2.51. The smallest absolute Gasteiger partial charge is 0.279 e. The van der Waals surface area contributed by atoms with Crippen LogP contribution in [-0.4, -0.2) is 56.7 Å². The van der Waals surface area contributed by atoms with E-state index in [1.165, 1.54) is 0 Å². The molecule has 8 heteroatoms. The molecule has 1 aromatic carbocycles. The molecule has 2 rings (SSSR count). The molecule has 1 aromatic rings. The van der Waals surface area contributed by atoms with Crippen LogP contribution in [0.5, 0.6) is 0 Å². The van der Waals surface area contributed by atoms with Crippen LogP contribution in [0.15, 0.2) is 35.3 Å². The summed E-state index contributed by atoms with van der Waals surface area (Å²) in [5.41, 5.74) is 5.54. The minimum Gasteiger partial charge on any atom is -0.394 e. The molecule has 0 spiro atoms. The first-order chi connectivity index (χ1) is 10.5. The van der Waals surface area contributed by atoms with E-state index < -0.39 is 36.3 Å². The van der Waals surface area contributed by atoms with Gasteiger partial charge < -0.3 is 25.8 Å². The van der Waals surface area contributed by atoms with Crippen molar-refractivity contribution < 1.29 is 24.9 Å². The van der Waals surface area contributed by atoms with Crippen molar-refractivity contribution in [3.05, 3.63) is 35.9 Å². The fourth-order valence-corrected chi connectivity index (χ4v) is 2.95. The van der Waals surface area contributed by atoms with E-state index in [1.807, 2.05) is 0 Å². The van der Waals surface area contributed by atoms with E-state index in [1.54, 1.807) is 30.3 Å². The van der Waals surface area contributed by atoms with Gasteiger partial charge in [0, 0.05) is 12.0 Å². The van der Waals surface area contributed by atoms with Crippen LogP contribution in [0.1, 0.15) is 16.8 Å². The van der Waals surface area contributed by atoms with E-state index in [0.29, 0.717) is 5.56 Å². The molecule has 1 heterocycles. The Morgan fingerprint density at radius 1 is 1.36 bits per heavy atom. The number of aliphatic hydroxyl groups excluding tert-OH is 3. The SMILES string of the molecule is NC(=NC(=O)c1ccccc1)SC1CC(O)C(O)C(CO)O1. The van der Waals surface area contributed by atoms with Gasteiger partial charge in [-0.15, -0.1) is 0 Å². The number of amides is 1. The summed E-state index contributed by atoms with van der Waals surface area (Å²) in [6.45, 7) is -0.421. The first-order valence-corrected chi connectivity index (χ1v) is 7.62. The number of nitrogens with zero attached hydrogens (tertiary/aromatic N) is 1. The zero-order valence-corrected chi connectivity index (χ0v) is 12.5. The Kier molecular flexibility index (Phi) is 5.92. The molecule has 4 atom stereocenters. The number of aliphatic hydroxyl groups is 3. The van der Waals surface area contributed by atoms with Gasteiger partial charge in [0.05, 0.1) is 12.7 Å². The highest BCUT2D eigenvalue weighted by Crippen LogP contribution is 2.27. The first-order valence-electron chi connectivity index (χ1n) is 6.74. The van der Waals surface area contributed by atoms with Gasteiger partial charge in [0.15, 0.2) is 5.17 Å². The van der Waals surface area contributed by atoms with E-state index in [2.05, 4.69) is 4.99 Å². The second-order valence-electron chi connectivity index (χ2n) is 4.82. The van der Waals surface area contributed by atoms with Crippen molar-refractivity contribution >= 4 is 22.8 Å². The molecule has 0 aromatic heterocycles. The van der Waals surface area contributed by atoms with Crippen molar-refractivity contribution in [2.45, 2.75) is 30.2 Å². The molecule has 5 N–H and O–H groups in total. The van der Waals surface area contributed by atoms with Crippen molar-refractivity contribution in [1.29, 1.82) is 0 Å². The average molecular weight is 326 g/mol. The van der Waals surface area contributed by atoms with Crippen LogP contribution >= 0.6 is 11.8 Å². The summed E-state index contributed by atoms with van der Waals surface area (Å²) in [4.78, 5) is 15.7. The summed E-state index contributed by atoms with van der Waals surface area (Å²) < 4.78 is 5.41. The van der Waals surface area contributed by atoms with E-state index in [4.69, 9.17) is 15.6 Å². The number of thioether (sulfide) groups is 1. The minimum atomic E-state index is -1.15. The Morgan fingerprint density at radius 3 is 2.68 bits per heavy atom. The molecular formula is C14H18N2O5S. The van der Waals surface area contributed by atoms with Crippen molar-refractivity contribution in [1.82, 2.24) is 0 Å². The number of nitrogens with two attached hydrogens (primary N) is 1. The van der Waals surface area contributed by atoms with Gasteiger partial charge in [0.25, 0.3) is 5.91 Å². The molecule has 1 amide bonds. The standard InChI is InChI=1S/C14H18N2O5S/c15-14(16-13(20)8-4-2-1-3-5-8)22-11-6-9(18)12(19)10(7-17)21-11/h1-5,9-12,17-19H,6-7H2,(H2,15,16,20). The summed E-state index contributed by atoms with van der Waals surface area (Å²) in [5.74, 6) is -0.472. The van der Waals surface area contributed by atoms with Crippen LogP contribution < -0.4 is 5.73 Å². The highest BCUT2D eigenvalue weighted by atomic mass is 32.2. The summed E-state index contributed by atoms with van der Waals surface area (Å²) in [7, 11) is 0. The highest BCUT2D eigenvalue weighted by Gasteiger charge is 2.37. The lowest BCUT2D eigenvalue weighted by Gasteiger charge is -2.35. The topological polar surface area (TPSA) is 125 Å². The predicted octanol–water partition coefficient (Wildman–Crippen LogP) is -0.296. The molecule has 0 bridgehead atoms. The molecule has 4 unspecified atom stereocenters. The first kappa shape index (κ1) is 16.9. The molecule has 0 radical (unpaired) electrons. The summed E-state index contributed by atoms with van der Waals surface area (Å²) >= 11 is 0.971. The number of hydrogen-bond acceptors (Lipinski definition) is 6. The molecule has 7 nitrogen and oxygen atoms in total. The number of benzene rings is 1. The Balaban J connectivity index is 1.98. The van der Waals surface area contributed by atoms with Gasteiger partial charge in [-0.25, -0.2) is 0 Å². The third kappa shape index (κ3) is 4.28. The third-order valence-corrected chi connectivity index (χ3v) is 4.10. The summed E-state index contributed by atoms with van der Waals surface area (Å²) in [5, 5.41) is 28.4. The van der Waals surface area contributed by atoms with Gasteiger partial charge in [0.1, 0.15) is 17.6 Å². The number of carbonyl (C=O) groups is 1. The maximum atomic E-state index is 11.9. The molecule has 0 saturated carbocycles. The lowest BCUT2D eigenvalue weighted by atomic mass is 10.0. The predicted molar refractivity (Wildman–Crippen MR) is 82.4 cm³/mol. The number of carbonyl (C=O) groups excluding carboxylic acids is 1. The molecule has 1 aliphatic heterocycles. The van der Waals surface area contributed by atoms with Crippen LogP contribution in [0.2, 0.25) is 0 Å². The van der Waals surface area contributed by atoms with Crippen LogP contribution in [0, 0.1) is 0 Å². The zero-order chi connectivity index (χ0) is 16.1. The molecule has 0 aliphatic carbocycles. The van der Waals surface area contributed by atoms with Crippen molar-refractivity contribution in [2.75, 3.05) is 6.61 Å². The van der Waals surface area contributed by atoms with Gasteiger partial charge in [-0.1, -0.05) is 30.0 Å². The van der Waals surface area contributed by atoms with Crippen LogP contribution in [0.3, 0.4) is 0 Å². The van der Waals surface area contributed by atoms with Gasteiger partial charge in [-0.3, -0.25) is 4.79 Å². The zero-order valence-electron chi connectivity index (χ0n) is 11.7. The summed E-state index contributed by atoms with van der Waals surface area (Å²) in [6.07, 6.45) is -2.94. The fraction of sp³-hybridized carbons (Fsp3) is 0.429. The van der Waals surface area contributed by atoms with Gasteiger partial charge in [-0.05, 0) is 12.1 Å².